The maximum absolute atomic E-state index is 5.85. The molecule has 1 aromatic carbocycles. The number of aryl methyl sites for hydroxylation is 1. The number of benzene rings is 1. The topological polar surface area (TPSA) is 55.3 Å². The van der Waals surface area contributed by atoms with Crippen molar-refractivity contribution in [1.29, 1.82) is 0 Å². The van der Waals surface area contributed by atoms with E-state index in [1.807, 2.05) is 0 Å². The molecule has 1 atom stereocenters. The molecule has 17 heavy (non-hydrogen) atoms. The van der Waals surface area contributed by atoms with Gasteiger partial charge < -0.3 is 16.4 Å². The normalized spacial score (nSPS) is 13.1. The third-order valence-corrected chi connectivity index (χ3v) is 3.46. The first-order valence-electron chi connectivity index (χ1n) is 6.15. The van der Waals surface area contributed by atoms with Crippen LogP contribution in [0.2, 0.25) is 0 Å². The van der Waals surface area contributed by atoms with Crippen molar-refractivity contribution in [1.82, 2.24) is 4.90 Å². The first kappa shape index (κ1) is 14.2. The molecule has 1 unspecified atom stereocenters. The maximum atomic E-state index is 5.85. The molecule has 0 amide bonds. The van der Waals surface area contributed by atoms with Crippen molar-refractivity contribution in [2.24, 2.45) is 11.5 Å². The van der Waals surface area contributed by atoms with E-state index in [2.05, 4.69) is 44.9 Å². The average molecular weight is 235 g/mol. The summed E-state index contributed by atoms with van der Waals surface area (Å²) in [5.41, 5.74) is 16.9. The van der Waals surface area contributed by atoms with Crippen molar-refractivity contribution in [2.45, 2.75) is 33.4 Å². The molecule has 0 spiro atoms. The van der Waals surface area contributed by atoms with Crippen LogP contribution in [0.15, 0.2) is 12.1 Å². The van der Waals surface area contributed by atoms with Crippen LogP contribution < -0.4 is 11.5 Å². The summed E-state index contributed by atoms with van der Waals surface area (Å²) >= 11 is 0. The second-order valence-electron chi connectivity index (χ2n) is 4.98. The molecule has 96 valence electrons. The van der Waals surface area contributed by atoms with Gasteiger partial charge in [-0.15, -0.1) is 0 Å². The maximum Gasteiger partial charge on any atom is 0.0292 e. The van der Waals surface area contributed by atoms with Gasteiger partial charge in [0.05, 0.1) is 0 Å². The van der Waals surface area contributed by atoms with Crippen LogP contribution in [-0.2, 0) is 6.54 Å². The molecule has 0 fully saturated rings. The zero-order valence-corrected chi connectivity index (χ0v) is 11.5. The standard InChI is InChI=1S/C14H25N3/c1-10-5-6-13(12(3)11(10)2)8-17(4)9-14(16)7-15/h5-6,14H,7-9,15-16H2,1-4H3. The van der Waals surface area contributed by atoms with Crippen molar-refractivity contribution < 1.29 is 0 Å². The second-order valence-corrected chi connectivity index (χ2v) is 4.98. The summed E-state index contributed by atoms with van der Waals surface area (Å²) in [5, 5.41) is 0. The van der Waals surface area contributed by atoms with Crippen molar-refractivity contribution in [2.75, 3.05) is 20.1 Å². The van der Waals surface area contributed by atoms with Crippen molar-refractivity contribution in [3.05, 3.63) is 34.4 Å². The lowest BCUT2D eigenvalue weighted by Crippen LogP contribution is -2.40. The first-order valence-corrected chi connectivity index (χ1v) is 6.15. The highest BCUT2D eigenvalue weighted by Crippen LogP contribution is 2.18. The Morgan fingerprint density at radius 3 is 2.41 bits per heavy atom. The summed E-state index contributed by atoms with van der Waals surface area (Å²) in [6.45, 7) is 8.83. The molecule has 3 heteroatoms. The third kappa shape index (κ3) is 3.80. The zero-order valence-electron chi connectivity index (χ0n) is 11.5. The fourth-order valence-electron chi connectivity index (χ4n) is 2.01. The Morgan fingerprint density at radius 2 is 1.82 bits per heavy atom. The summed E-state index contributed by atoms with van der Waals surface area (Å²) < 4.78 is 0. The lowest BCUT2D eigenvalue weighted by atomic mass is 9.98. The van der Waals surface area contributed by atoms with Crippen LogP contribution in [0, 0.1) is 20.8 Å². The van der Waals surface area contributed by atoms with Crippen LogP contribution in [0.4, 0.5) is 0 Å². The number of nitrogens with zero attached hydrogens (tertiary/aromatic N) is 1. The fraction of sp³-hybridized carbons (Fsp3) is 0.571. The Labute approximate surface area is 105 Å². The monoisotopic (exact) mass is 235 g/mol. The quantitative estimate of drug-likeness (QED) is 0.809. The number of hydrogen-bond acceptors (Lipinski definition) is 3. The van der Waals surface area contributed by atoms with Gasteiger partial charge in [0, 0.05) is 25.7 Å². The summed E-state index contributed by atoms with van der Waals surface area (Å²) in [7, 11) is 2.09. The molecule has 0 aliphatic rings. The minimum atomic E-state index is 0.0619. The van der Waals surface area contributed by atoms with Gasteiger partial charge in [-0.05, 0) is 50.1 Å². The highest BCUT2D eigenvalue weighted by atomic mass is 15.1. The van der Waals surface area contributed by atoms with Crippen LogP contribution in [0.5, 0.6) is 0 Å². The molecule has 0 bridgehead atoms. The van der Waals surface area contributed by atoms with E-state index in [-0.39, 0.29) is 6.04 Å². The number of likely N-dealkylation sites (N-methyl/N-ethyl adjacent to an activating group) is 1. The Kier molecular flexibility index (Phi) is 5.12. The predicted molar refractivity (Wildman–Crippen MR) is 74.0 cm³/mol. The molecule has 0 radical (unpaired) electrons. The van der Waals surface area contributed by atoms with Gasteiger partial charge in [-0.1, -0.05) is 12.1 Å². The van der Waals surface area contributed by atoms with E-state index in [0.29, 0.717) is 6.54 Å². The van der Waals surface area contributed by atoms with Gasteiger partial charge in [-0.3, -0.25) is 0 Å². The molecule has 3 nitrogen and oxygen atoms in total. The molecule has 0 saturated carbocycles. The van der Waals surface area contributed by atoms with Gasteiger partial charge in [0.15, 0.2) is 0 Å². The Morgan fingerprint density at radius 1 is 1.18 bits per heavy atom. The molecule has 0 aromatic heterocycles. The van der Waals surface area contributed by atoms with E-state index in [1.165, 1.54) is 22.3 Å². The Bertz CT molecular complexity index is 374. The van der Waals surface area contributed by atoms with E-state index in [4.69, 9.17) is 11.5 Å². The Balaban J connectivity index is 2.72. The van der Waals surface area contributed by atoms with Gasteiger partial charge in [0.25, 0.3) is 0 Å². The largest absolute Gasteiger partial charge is 0.329 e. The van der Waals surface area contributed by atoms with Gasteiger partial charge in [-0.25, -0.2) is 0 Å². The molecular formula is C14H25N3. The average Bonchev–Trinajstić information content (AvgIpc) is 2.29. The highest BCUT2D eigenvalue weighted by molar-refractivity contribution is 5.38. The van der Waals surface area contributed by atoms with Gasteiger partial charge in [0.1, 0.15) is 0 Å². The molecular weight excluding hydrogens is 210 g/mol. The van der Waals surface area contributed by atoms with E-state index < -0.39 is 0 Å². The smallest absolute Gasteiger partial charge is 0.0292 e. The van der Waals surface area contributed by atoms with Gasteiger partial charge >= 0.3 is 0 Å². The molecule has 0 aliphatic heterocycles. The molecule has 0 heterocycles. The number of hydrogen-bond donors (Lipinski definition) is 2. The Hall–Kier alpha value is -0.900. The van der Waals surface area contributed by atoms with Crippen molar-refractivity contribution >= 4 is 0 Å². The first-order chi connectivity index (χ1) is 7.95. The predicted octanol–water partition coefficient (Wildman–Crippen LogP) is 1.33. The summed E-state index contributed by atoms with van der Waals surface area (Å²) in [4.78, 5) is 2.23. The summed E-state index contributed by atoms with van der Waals surface area (Å²) in [6, 6.07) is 4.46. The summed E-state index contributed by atoms with van der Waals surface area (Å²) in [5.74, 6) is 0. The zero-order chi connectivity index (χ0) is 13.0. The number of nitrogens with two attached hydrogens (primary N) is 2. The van der Waals surface area contributed by atoms with Crippen molar-refractivity contribution in [3.63, 3.8) is 0 Å². The van der Waals surface area contributed by atoms with Crippen LogP contribution in [0.3, 0.4) is 0 Å². The van der Waals surface area contributed by atoms with Crippen molar-refractivity contribution in [3.8, 4) is 0 Å². The minimum Gasteiger partial charge on any atom is -0.329 e. The molecule has 1 rings (SSSR count). The van der Waals surface area contributed by atoms with E-state index in [0.717, 1.165) is 13.1 Å². The third-order valence-electron chi connectivity index (χ3n) is 3.46. The van der Waals surface area contributed by atoms with Gasteiger partial charge in [0.2, 0.25) is 0 Å². The number of rotatable bonds is 5. The minimum absolute atomic E-state index is 0.0619. The fourth-order valence-corrected chi connectivity index (χ4v) is 2.01. The molecule has 0 saturated heterocycles. The van der Waals surface area contributed by atoms with E-state index in [9.17, 15) is 0 Å². The molecule has 1 aromatic rings. The van der Waals surface area contributed by atoms with E-state index >= 15 is 0 Å². The molecule has 4 N–H and O–H groups in total. The van der Waals surface area contributed by atoms with Gasteiger partial charge in [-0.2, -0.15) is 0 Å². The second kappa shape index (κ2) is 6.15. The lowest BCUT2D eigenvalue weighted by molar-refractivity contribution is 0.304. The van der Waals surface area contributed by atoms with Crippen LogP contribution in [0.1, 0.15) is 22.3 Å². The lowest BCUT2D eigenvalue weighted by Gasteiger charge is -2.22. The van der Waals surface area contributed by atoms with Crippen LogP contribution in [0.25, 0.3) is 0 Å². The highest BCUT2D eigenvalue weighted by Gasteiger charge is 2.09. The SMILES string of the molecule is Cc1ccc(CN(C)CC(N)CN)c(C)c1C. The summed E-state index contributed by atoms with van der Waals surface area (Å²) in [6.07, 6.45) is 0. The molecule has 0 aliphatic carbocycles. The van der Waals surface area contributed by atoms with Crippen LogP contribution >= 0.6 is 0 Å². The van der Waals surface area contributed by atoms with Crippen LogP contribution in [-0.4, -0.2) is 31.1 Å². The van der Waals surface area contributed by atoms with E-state index in [1.54, 1.807) is 0 Å².